The number of carbonyl (C=O) groups is 1. The number of rotatable bonds is 5. The van der Waals surface area contributed by atoms with Crippen molar-refractivity contribution < 1.29 is 4.79 Å². The third kappa shape index (κ3) is 4.36. The van der Waals surface area contributed by atoms with E-state index in [2.05, 4.69) is 36.5 Å². The van der Waals surface area contributed by atoms with Gasteiger partial charge in [-0.2, -0.15) is 0 Å². The number of thiazole rings is 1. The summed E-state index contributed by atoms with van der Waals surface area (Å²) in [5.41, 5.74) is 1.20. The lowest BCUT2D eigenvalue weighted by Gasteiger charge is -2.36. The van der Waals surface area contributed by atoms with Crippen molar-refractivity contribution in [3.05, 3.63) is 16.1 Å². The number of ketones is 1. The zero-order valence-corrected chi connectivity index (χ0v) is 14.6. The Hall–Kier alpha value is -0.740. The molecule has 0 aliphatic heterocycles. The van der Waals surface area contributed by atoms with Crippen LogP contribution in [-0.2, 0) is 16.6 Å². The molecule has 1 aromatic rings. The van der Waals surface area contributed by atoms with Crippen LogP contribution in [0.25, 0.3) is 0 Å². The number of Topliss-reactive ketones (excluding diaryl/α,β-unsaturated/α-hetero) is 1. The summed E-state index contributed by atoms with van der Waals surface area (Å²) in [7, 11) is 2.00. The van der Waals surface area contributed by atoms with Gasteiger partial charge >= 0.3 is 0 Å². The van der Waals surface area contributed by atoms with Crippen LogP contribution in [0.4, 0.5) is 0 Å². The molecule has 1 N–H and O–H groups in total. The van der Waals surface area contributed by atoms with Gasteiger partial charge in [-0.3, -0.25) is 4.79 Å². The minimum Gasteiger partial charge on any atom is -0.314 e. The van der Waals surface area contributed by atoms with Crippen LogP contribution in [0.1, 0.15) is 70.0 Å². The van der Waals surface area contributed by atoms with Crippen molar-refractivity contribution in [2.24, 2.45) is 0 Å². The van der Waals surface area contributed by atoms with E-state index in [1.807, 2.05) is 7.05 Å². The van der Waals surface area contributed by atoms with Gasteiger partial charge in [-0.1, -0.05) is 40.0 Å². The van der Waals surface area contributed by atoms with Crippen LogP contribution in [0.3, 0.4) is 0 Å². The second-order valence-electron chi connectivity index (χ2n) is 7.36. The van der Waals surface area contributed by atoms with Gasteiger partial charge in [0.2, 0.25) is 0 Å². The number of carbonyl (C=O) groups excluding carboxylic acids is 1. The molecule has 4 heteroatoms. The third-order valence-corrected chi connectivity index (χ3v) is 5.39. The summed E-state index contributed by atoms with van der Waals surface area (Å²) < 4.78 is 0. The maximum absolute atomic E-state index is 12.4. The van der Waals surface area contributed by atoms with E-state index >= 15 is 0 Å². The Morgan fingerprint density at radius 2 is 2.00 bits per heavy atom. The Kier molecular flexibility index (Phi) is 5.20. The quantitative estimate of drug-likeness (QED) is 0.898. The SMILES string of the molecule is CNC1(CC(=O)Cc2nc(C(C)(C)C)cs2)CCCCC1. The summed E-state index contributed by atoms with van der Waals surface area (Å²) in [6.07, 6.45) is 7.16. The molecule has 118 valence electrons. The molecule has 2 rings (SSSR count). The second-order valence-corrected chi connectivity index (χ2v) is 8.30. The largest absolute Gasteiger partial charge is 0.314 e. The van der Waals surface area contributed by atoms with Crippen molar-refractivity contribution in [1.82, 2.24) is 10.3 Å². The summed E-state index contributed by atoms with van der Waals surface area (Å²) in [4.78, 5) is 17.1. The van der Waals surface area contributed by atoms with Gasteiger partial charge in [-0.05, 0) is 19.9 Å². The van der Waals surface area contributed by atoms with Crippen LogP contribution in [0.15, 0.2) is 5.38 Å². The molecule has 1 saturated carbocycles. The molecule has 1 heterocycles. The highest BCUT2D eigenvalue weighted by atomic mass is 32.1. The Morgan fingerprint density at radius 3 is 2.52 bits per heavy atom. The third-order valence-electron chi connectivity index (χ3n) is 4.55. The molecular formula is C17H28N2OS. The van der Waals surface area contributed by atoms with Gasteiger partial charge in [-0.25, -0.2) is 4.98 Å². The molecule has 0 unspecified atom stereocenters. The summed E-state index contributed by atoms with van der Waals surface area (Å²) >= 11 is 1.62. The van der Waals surface area contributed by atoms with E-state index in [0.717, 1.165) is 23.5 Å². The Labute approximate surface area is 132 Å². The topological polar surface area (TPSA) is 42.0 Å². The van der Waals surface area contributed by atoms with Gasteiger partial charge in [0.25, 0.3) is 0 Å². The average molecular weight is 308 g/mol. The first-order chi connectivity index (χ1) is 9.85. The first-order valence-electron chi connectivity index (χ1n) is 8.00. The lowest BCUT2D eigenvalue weighted by atomic mass is 9.78. The molecule has 3 nitrogen and oxygen atoms in total. The van der Waals surface area contributed by atoms with E-state index < -0.39 is 0 Å². The van der Waals surface area contributed by atoms with Crippen LogP contribution < -0.4 is 5.32 Å². The smallest absolute Gasteiger partial charge is 0.141 e. The summed E-state index contributed by atoms with van der Waals surface area (Å²) in [6, 6.07) is 0. The minimum atomic E-state index is 0.0411. The molecule has 0 atom stereocenters. The van der Waals surface area contributed by atoms with Crippen molar-refractivity contribution in [2.75, 3.05) is 7.05 Å². The van der Waals surface area contributed by atoms with Gasteiger partial charge in [0.15, 0.2) is 0 Å². The number of nitrogens with one attached hydrogen (secondary N) is 1. The van der Waals surface area contributed by atoms with Crippen molar-refractivity contribution in [1.29, 1.82) is 0 Å². The summed E-state index contributed by atoms with van der Waals surface area (Å²) in [5, 5.41) is 6.48. The van der Waals surface area contributed by atoms with Gasteiger partial charge in [0.05, 0.1) is 12.1 Å². The molecule has 0 spiro atoms. The molecule has 0 bridgehead atoms. The molecule has 0 amide bonds. The molecule has 21 heavy (non-hydrogen) atoms. The molecule has 0 aromatic carbocycles. The lowest BCUT2D eigenvalue weighted by Crippen LogP contribution is -2.46. The van der Waals surface area contributed by atoms with Gasteiger partial charge < -0.3 is 5.32 Å². The van der Waals surface area contributed by atoms with E-state index in [9.17, 15) is 4.79 Å². The van der Waals surface area contributed by atoms with E-state index in [0.29, 0.717) is 18.6 Å². The van der Waals surface area contributed by atoms with Crippen molar-refractivity contribution in [3.63, 3.8) is 0 Å². The van der Waals surface area contributed by atoms with Crippen LogP contribution in [-0.4, -0.2) is 23.4 Å². The fraction of sp³-hybridized carbons (Fsp3) is 0.765. The van der Waals surface area contributed by atoms with Crippen molar-refractivity contribution in [2.45, 2.75) is 76.7 Å². The first kappa shape index (κ1) is 16.6. The number of aromatic nitrogens is 1. The Bertz CT molecular complexity index is 481. The fourth-order valence-electron chi connectivity index (χ4n) is 3.09. The minimum absolute atomic E-state index is 0.0411. The van der Waals surface area contributed by atoms with Gasteiger partial charge in [-0.15, -0.1) is 11.3 Å². The standard InChI is InChI=1S/C17H28N2OS/c1-16(2,3)14-12-21-15(19-14)10-13(20)11-17(18-4)8-6-5-7-9-17/h12,18H,5-11H2,1-4H3. The van der Waals surface area contributed by atoms with Crippen LogP contribution in [0, 0.1) is 0 Å². The second kappa shape index (κ2) is 6.57. The van der Waals surface area contributed by atoms with Crippen molar-refractivity contribution >= 4 is 17.1 Å². The van der Waals surface area contributed by atoms with Gasteiger partial charge in [0, 0.05) is 22.8 Å². The van der Waals surface area contributed by atoms with Crippen LogP contribution >= 0.6 is 11.3 Å². The Balaban J connectivity index is 1.96. The summed E-state index contributed by atoms with van der Waals surface area (Å²) in [5.74, 6) is 0.320. The molecule has 1 aliphatic carbocycles. The van der Waals surface area contributed by atoms with Crippen molar-refractivity contribution in [3.8, 4) is 0 Å². The predicted octanol–water partition coefficient (Wildman–Crippen LogP) is 3.86. The lowest BCUT2D eigenvalue weighted by molar-refractivity contribution is -0.120. The highest BCUT2D eigenvalue weighted by Gasteiger charge is 2.32. The highest BCUT2D eigenvalue weighted by Crippen LogP contribution is 2.31. The van der Waals surface area contributed by atoms with E-state index in [1.54, 1.807) is 11.3 Å². The van der Waals surface area contributed by atoms with E-state index in [-0.39, 0.29) is 11.0 Å². The first-order valence-corrected chi connectivity index (χ1v) is 8.88. The zero-order chi connectivity index (χ0) is 15.5. The maximum atomic E-state index is 12.4. The molecule has 0 saturated heterocycles. The predicted molar refractivity (Wildman–Crippen MR) is 89.0 cm³/mol. The fourth-order valence-corrected chi connectivity index (χ4v) is 4.14. The number of hydrogen-bond donors (Lipinski definition) is 1. The van der Waals surface area contributed by atoms with E-state index in [4.69, 9.17) is 0 Å². The van der Waals surface area contributed by atoms with Crippen LogP contribution in [0.2, 0.25) is 0 Å². The molecule has 1 aliphatic rings. The van der Waals surface area contributed by atoms with E-state index in [1.165, 1.54) is 19.3 Å². The summed E-state index contributed by atoms with van der Waals surface area (Å²) in [6.45, 7) is 6.48. The van der Waals surface area contributed by atoms with Crippen LogP contribution in [0.5, 0.6) is 0 Å². The highest BCUT2D eigenvalue weighted by molar-refractivity contribution is 7.09. The molecular weight excluding hydrogens is 280 g/mol. The monoisotopic (exact) mass is 308 g/mol. The normalized spacial score (nSPS) is 18.7. The maximum Gasteiger partial charge on any atom is 0.141 e. The number of hydrogen-bond acceptors (Lipinski definition) is 4. The van der Waals surface area contributed by atoms with Gasteiger partial charge in [0.1, 0.15) is 10.8 Å². The molecule has 1 aromatic heterocycles. The number of nitrogens with zero attached hydrogens (tertiary/aromatic N) is 1. The average Bonchev–Trinajstić information content (AvgIpc) is 2.88. The molecule has 0 radical (unpaired) electrons. The zero-order valence-electron chi connectivity index (χ0n) is 13.8. The Morgan fingerprint density at radius 1 is 1.33 bits per heavy atom. The molecule has 1 fully saturated rings.